The van der Waals surface area contributed by atoms with Gasteiger partial charge in [-0.05, 0) is 37.6 Å². The molecule has 0 aliphatic carbocycles. The van der Waals surface area contributed by atoms with E-state index in [2.05, 4.69) is 10.6 Å². The molecule has 6 heteroatoms. The summed E-state index contributed by atoms with van der Waals surface area (Å²) in [6.45, 7) is 0.760. The fraction of sp³-hybridized carbons (Fsp3) is 0.385. The number of hydrogen-bond donors (Lipinski definition) is 3. The molecule has 1 amide bonds. The van der Waals surface area contributed by atoms with Crippen molar-refractivity contribution in [2.24, 2.45) is 0 Å². The van der Waals surface area contributed by atoms with E-state index in [9.17, 15) is 14.0 Å². The summed E-state index contributed by atoms with van der Waals surface area (Å²) in [6.07, 6.45) is 2.67. The highest BCUT2D eigenvalue weighted by Crippen LogP contribution is 2.17. The molecule has 1 saturated heterocycles. The van der Waals surface area contributed by atoms with Gasteiger partial charge in [-0.1, -0.05) is 6.42 Å². The fourth-order valence-corrected chi connectivity index (χ4v) is 2.05. The number of hydrogen-bond acceptors (Lipinski definition) is 3. The smallest absolute Gasteiger partial charge is 0.335 e. The maximum absolute atomic E-state index is 13.5. The lowest BCUT2D eigenvalue weighted by Crippen LogP contribution is -2.43. The van der Waals surface area contributed by atoms with Crippen molar-refractivity contribution in [2.45, 2.75) is 25.3 Å². The van der Waals surface area contributed by atoms with Crippen LogP contribution in [0.3, 0.4) is 0 Å². The van der Waals surface area contributed by atoms with Gasteiger partial charge in [-0.25, -0.2) is 9.18 Å². The second-order valence-corrected chi connectivity index (χ2v) is 4.49. The molecule has 1 fully saturated rings. The zero-order valence-corrected chi connectivity index (χ0v) is 10.3. The predicted octanol–water partition coefficient (Wildman–Crippen LogP) is 1.60. The van der Waals surface area contributed by atoms with Gasteiger partial charge >= 0.3 is 5.97 Å². The van der Waals surface area contributed by atoms with Gasteiger partial charge in [0.05, 0.1) is 17.3 Å². The van der Waals surface area contributed by atoms with Gasteiger partial charge in [-0.15, -0.1) is 0 Å². The second kappa shape index (κ2) is 5.79. The van der Waals surface area contributed by atoms with Crippen LogP contribution < -0.4 is 10.6 Å². The molecular weight excluding hydrogens is 251 g/mol. The molecule has 0 saturated carbocycles. The van der Waals surface area contributed by atoms with Gasteiger partial charge in [0, 0.05) is 0 Å². The molecule has 1 aromatic rings. The van der Waals surface area contributed by atoms with E-state index in [1.165, 1.54) is 0 Å². The fourth-order valence-electron chi connectivity index (χ4n) is 2.05. The van der Waals surface area contributed by atoms with Crippen LogP contribution in [0.1, 0.15) is 29.6 Å². The summed E-state index contributed by atoms with van der Waals surface area (Å²) in [6, 6.07) is 2.97. The first-order valence-corrected chi connectivity index (χ1v) is 6.15. The molecule has 0 radical (unpaired) electrons. The van der Waals surface area contributed by atoms with Crippen molar-refractivity contribution in [1.82, 2.24) is 5.32 Å². The molecule has 1 heterocycles. The van der Waals surface area contributed by atoms with Gasteiger partial charge in [-0.2, -0.15) is 0 Å². The molecule has 0 spiro atoms. The van der Waals surface area contributed by atoms with Crippen molar-refractivity contribution >= 4 is 17.6 Å². The Morgan fingerprint density at radius 1 is 1.37 bits per heavy atom. The zero-order chi connectivity index (χ0) is 13.8. The van der Waals surface area contributed by atoms with E-state index in [0.29, 0.717) is 6.42 Å². The minimum absolute atomic E-state index is 0.0618. The van der Waals surface area contributed by atoms with Crippen LogP contribution in [0.2, 0.25) is 0 Å². The summed E-state index contributed by atoms with van der Waals surface area (Å²) in [5.41, 5.74) is -0.162. The topological polar surface area (TPSA) is 78.4 Å². The van der Waals surface area contributed by atoms with Crippen LogP contribution >= 0.6 is 0 Å². The van der Waals surface area contributed by atoms with Gasteiger partial charge in [0.15, 0.2) is 0 Å². The summed E-state index contributed by atoms with van der Waals surface area (Å²) < 4.78 is 13.5. The van der Waals surface area contributed by atoms with Crippen molar-refractivity contribution in [2.75, 3.05) is 11.9 Å². The van der Waals surface area contributed by atoms with E-state index in [1.54, 1.807) is 0 Å². The van der Waals surface area contributed by atoms with E-state index in [4.69, 9.17) is 5.11 Å². The van der Waals surface area contributed by atoms with Crippen LogP contribution in [-0.2, 0) is 4.79 Å². The number of nitrogens with one attached hydrogen (secondary N) is 2. The van der Waals surface area contributed by atoms with Gasteiger partial charge < -0.3 is 15.7 Å². The first-order chi connectivity index (χ1) is 9.08. The zero-order valence-electron chi connectivity index (χ0n) is 10.3. The molecule has 1 aliphatic rings. The first-order valence-electron chi connectivity index (χ1n) is 6.15. The first kappa shape index (κ1) is 13.5. The minimum Gasteiger partial charge on any atom is -0.478 e. The number of halogens is 1. The van der Waals surface area contributed by atoms with Crippen LogP contribution in [0.25, 0.3) is 0 Å². The largest absolute Gasteiger partial charge is 0.478 e. The average Bonchev–Trinajstić information content (AvgIpc) is 2.42. The SMILES string of the molecule is O=C(O)c1ccc(F)c(NC(=O)C2CCCCN2)c1. The molecule has 102 valence electrons. The third-order valence-electron chi connectivity index (χ3n) is 3.10. The Hall–Kier alpha value is -1.95. The van der Waals surface area contributed by atoms with Crippen molar-refractivity contribution in [3.05, 3.63) is 29.6 Å². The van der Waals surface area contributed by atoms with Gasteiger partial charge in [0.1, 0.15) is 5.82 Å². The Bertz CT molecular complexity index is 499. The molecule has 3 N–H and O–H groups in total. The Morgan fingerprint density at radius 2 is 2.16 bits per heavy atom. The third kappa shape index (κ3) is 3.29. The summed E-state index contributed by atoms with van der Waals surface area (Å²) in [4.78, 5) is 22.7. The standard InChI is InChI=1S/C13H15FN2O3/c14-9-5-4-8(13(18)19)7-11(9)16-12(17)10-3-1-2-6-15-10/h4-5,7,10,15H,1-3,6H2,(H,16,17)(H,18,19). The van der Waals surface area contributed by atoms with Crippen molar-refractivity contribution in [1.29, 1.82) is 0 Å². The number of carboxylic acids is 1. The molecule has 0 aromatic heterocycles. The number of rotatable bonds is 3. The lowest BCUT2D eigenvalue weighted by Gasteiger charge is -2.22. The summed E-state index contributed by atoms with van der Waals surface area (Å²) in [5.74, 6) is -2.14. The highest BCUT2D eigenvalue weighted by Gasteiger charge is 2.21. The number of carbonyl (C=O) groups excluding carboxylic acids is 1. The molecule has 1 unspecified atom stereocenters. The molecule has 19 heavy (non-hydrogen) atoms. The number of amides is 1. The minimum atomic E-state index is -1.16. The molecule has 5 nitrogen and oxygen atoms in total. The van der Waals surface area contributed by atoms with E-state index >= 15 is 0 Å². The van der Waals surface area contributed by atoms with Gasteiger partial charge in [0.25, 0.3) is 0 Å². The van der Waals surface area contributed by atoms with E-state index in [1.807, 2.05) is 0 Å². The Labute approximate surface area is 109 Å². The highest BCUT2D eigenvalue weighted by molar-refractivity contribution is 5.96. The number of benzene rings is 1. The number of piperidine rings is 1. The third-order valence-corrected chi connectivity index (χ3v) is 3.10. The maximum Gasteiger partial charge on any atom is 0.335 e. The molecule has 1 aliphatic heterocycles. The monoisotopic (exact) mass is 266 g/mol. The number of carbonyl (C=O) groups is 2. The summed E-state index contributed by atoms with van der Waals surface area (Å²) >= 11 is 0. The van der Waals surface area contributed by atoms with E-state index in [0.717, 1.165) is 37.6 Å². The Balaban J connectivity index is 2.11. The summed E-state index contributed by atoms with van der Waals surface area (Å²) in [7, 11) is 0. The predicted molar refractivity (Wildman–Crippen MR) is 67.6 cm³/mol. The summed E-state index contributed by atoms with van der Waals surface area (Å²) in [5, 5.41) is 14.3. The van der Waals surface area contributed by atoms with Crippen molar-refractivity contribution in [3.63, 3.8) is 0 Å². The Morgan fingerprint density at radius 3 is 2.79 bits per heavy atom. The molecule has 2 rings (SSSR count). The van der Waals surface area contributed by atoms with Gasteiger partial charge in [-0.3, -0.25) is 4.79 Å². The van der Waals surface area contributed by atoms with Crippen LogP contribution in [0.4, 0.5) is 10.1 Å². The van der Waals surface area contributed by atoms with Crippen LogP contribution in [0.15, 0.2) is 18.2 Å². The van der Waals surface area contributed by atoms with Crippen molar-refractivity contribution < 1.29 is 19.1 Å². The lowest BCUT2D eigenvalue weighted by molar-refractivity contribution is -0.118. The van der Waals surface area contributed by atoms with Crippen molar-refractivity contribution in [3.8, 4) is 0 Å². The van der Waals surface area contributed by atoms with Crippen LogP contribution in [0.5, 0.6) is 0 Å². The van der Waals surface area contributed by atoms with E-state index < -0.39 is 11.8 Å². The van der Waals surface area contributed by atoms with E-state index in [-0.39, 0.29) is 23.2 Å². The Kier molecular flexibility index (Phi) is 4.11. The normalized spacial score (nSPS) is 18.9. The molecule has 0 bridgehead atoms. The molecular formula is C13H15FN2O3. The average molecular weight is 266 g/mol. The highest BCUT2D eigenvalue weighted by atomic mass is 19.1. The van der Waals surface area contributed by atoms with Crippen LogP contribution in [0, 0.1) is 5.82 Å². The number of carboxylic acid groups (broad SMARTS) is 1. The molecule has 1 atom stereocenters. The number of anilines is 1. The maximum atomic E-state index is 13.5. The second-order valence-electron chi connectivity index (χ2n) is 4.49. The van der Waals surface area contributed by atoms with Crippen LogP contribution in [-0.4, -0.2) is 29.6 Å². The van der Waals surface area contributed by atoms with Gasteiger partial charge in [0.2, 0.25) is 5.91 Å². The lowest BCUT2D eigenvalue weighted by atomic mass is 10.0. The number of aromatic carboxylic acids is 1. The molecule has 1 aromatic carbocycles. The quantitative estimate of drug-likeness (QED) is 0.776.